The molecule has 0 fully saturated rings. The molecule has 0 aromatic heterocycles. The lowest BCUT2D eigenvalue weighted by atomic mass is 9.97. The summed E-state index contributed by atoms with van der Waals surface area (Å²) in [6.45, 7) is 2.26. The van der Waals surface area contributed by atoms with Crippen LogP contribution in [0.15, 0.2) is 19.0 Å². The lowest BCUT2D eigenvalue weighted by molar-refractivity contribution is -0.115. The number of carbonyl (C=O) groups excluding carboxylic acids is 2. The average Bonchev–Trinajstić information content (AvgIpc) is 2.64. The highest BCUT2D eigenvalue weighted by Crippen LogP contribution is 2.36. The van der Waals surface area contributed by atoms with E-state index in [1.165, 1.54) is 70.6 Å². The van der Waals surface area contributed by atoms with E-state index in [2.05, 4.69) is 54.7 Å². The van der Waals surface area contributed by atoms with E-state index in [-0.39, 0.29) is 11.6 Å². The molecule has 0 spiro atoms. The molecule has 1 aliphatic rings. The molecule has 0 bridgehead atoms. The number of ketones is 2. The predicted octanol–water partition coefficient (Wildman–Crippen LogP) is 8.27. The summed E-state index contributed by atoms with van der Waals surface area (Å²) in [6.07, 6.45) is 17.6. The maximum atomic E-state index is 12.3. The van der Waals surface area contributed by atoms with Crippen molar-refractivity contribution in [3.8, 4) is 0 Å². The number of carbonyl (C=O) groups is 2. The van der Waals surface area contributed by atoms with Crippen molar-refractivity contribution in [3.63, 3.8) is 0 Å². The Labute approximate surface area is 184 Å². The van der Waals surface area contributed by atoms with Gasteiger partial charge in [-0.25, -0.2) is 0 Å². The van der Waals surface area contributed by atoms with Crippen molar-refractivity contribution in [2.24, 2.45) is 0 Å². The molecule has 0 N–H and O–H groups in total. The lowest BCUT2D eigenvalue weighted by Crippen LogP contribution is -2.17. The van der Waals surface area contributed by atoms with Crippen LogP contribution in [-0.2, 0) is 9.59 Å². The van der Waals surface area contributed by atoms with Crippen LogP contribution < -0.4 is 0 Å². The highest BCUT2D eigenvalue weighted by atomic mass is 79.9. The highest BCUT2D eigenvalue weighted by molar-refractivity contribution is 9.15. The summed E-state index contributed by atoms with van der Waals surface area (Å²) in [5, 5.41) is 0. The van der Waals surface area contributed by atoms with Crippen LogP contribution in [0.25, 0.3) is 0 Å². The van der Waals surface area contributed by atoms with E-state index in [4.69, 9.17) is 0 Å². The Balaban J connectivity index is 2.06. The van der Waals surface area contributed by atoms with Gasteiger partial charge in [-0.2, -0.15) is 0 Å². The summed E-state index contributed by atoms with van der Waals surface area (Å²) in [5.74, 6) is -0.233. The van der Waals surface area contributed by atoms with Crippen LogP contribution in [-0.4, -0.2) is 11.6 Å². The topological polar surface area (TPSA) is 34.1 Å². The van der Waals surface area contributed by atoms with Crippen molar-refractivity contribution in [3.05, 3.63) is 19.0 Å². The Bertz CT molecular complexity index is 535. The smallest absolute Gasteiger partial charge is 0.208 e. The van der Waals surface area contributed by atoms with Gasteiger partial charge in [-0.3, -0.25) is 9.59 Å². The van der Waals surface area contributed by atoms with Gasteiger partial charge in [0.25, 0.3) is 0 Å². The fourth-order valence-electron chi connectivity index (χ4n) is 3.21. The fourth-order valence-corrected chi connectivity index (χ4v) is 4.85. The molecule has 0 saturated carbocycles. The minimum absolute atomic E-state index is 0.0812. The van der Waals surface area contributed by atoms with Crippen molar-refractivity contribution >= 4 is 59.4 Å². The quantitative estimate of drug-likeness (QED) is 0.160. The summed E-state index contributed by atoms with van der Waals surface area (Å²) in [5.41, 5.74) is 0.605. The van der Waals surface area contributed by atoms with Crippen LogP contribution >= 0.6 is 47.8 Å². The van der Waals surface area contributed by atoms with Crippen molar-refractivity contribution in [2.75, 3.05) is 0 Å². The summed E-state index contributed by atoms with van der Waals surface area (Å²) in [7, 11) is 0. The molecule has 1 aliphatic carbocycles. The number of hydrogen-bond donors (Lipinski definition) is 0. The maximum absolute atomic E-state index is 12.3. The molecule has 0 aromatic rings. The molecule has 148 valence electrons. The number of allylic oxidation sites excluding steroid dienone is 4. The minimum atomic E-state index is -0.152. The van der Waals surface area contributed by atoms with E-state index in [9.17, 15) is 9.59 Å². The molecule has 0 saturated heterocycles. The van der Waals surface area contributed by atoms with Gasteiger partial charge >= 0.3 is 0 Å². The molecule has 0 unspecified atom stereocenters. The first kappa shape index (κ1) is 24.3. The van der Waals surface area contributed by atoms with Gasteiger partial charge in [0.05, 0.1) is 13.4 Å². The van der Waals surface area contributed by atoms with Crippen molar-refractivity contribution in [1.29, 1.82) is 0 Å². The summed E-state index contributed by atoms with van der Waals surface area (Å²) in [6, 6.07) is 0. The summed E-state index contributed by atoms with van der Waals surface area (Å²) < 4.78 is 1.07. The number of rotatable bonds is 14. The van der Waals surface area contributed by atoms with Crippen LogP contribution in [0, 0.1) is 0 Å². The standard InChI is InChI=1S/C21H31Br3O2/c1-2-3-4-5-6-7-8-9-10-11-12-13-14-15-16-17(22)21(26)19(24)18(23)20(16)25/h2-15H2,1H3. The Hall–Kier alpha value is 0.260. The van der Waals surface area contributed by atoms with Crippen LogP contribution in [0.3, 0.4) is 0 Å². The normalized spacial score (nSPS) is 15.4. The van der Waals surface area contributed by atoms with Gasteiger partial charge in [-0.05, 0) is 60.6 Å². The third-order valence-corrected chi connectivity index (χ3v) is 7.74. The first-order valence-electron chi connectivity index (χ1n) is 10.0. The molecule has 0 heterocycles. The zero-order chi connectivity index (χ0) is 19.4. The molecule has 0 amide bonds. The van der Waals surface area contributed by atoms with Crippen LogP contribution in [0.4, 0.5) is 0 Å². The second-order valence-electron chi connectivity index (χ2n) is 7.07. The van der Waals surface area contributed by atoms with Gasteiger partial charge in [-0.1, -0.05) is 84.0 Å². The lowest BCUT2D eigenvalue weighted by Gasteiger charge is -2.15. The molecular weight excluding hydrogens is 524 g/mol. The van der Waals surface area contributed by atoms with E-state index in [1.54, 1.807) is 0 Å². The van der Waals surface area contributed by atoms with Crippen molar-refractivity contribution in [1.82, 2.24) is 0 Å². The number of hydrogen-bond acceptors (Lipinski definition) is 2. The van der Waals surface area contributed by atoms with Gasteiger partial charge in [-0.15, -0.1) is 0 Å². The Morgan fingerprint density at radius 1 is 0.538 bits per heavy atom. The SMILES string of the molecule is CCCCCCCCCCCCCCCC1=C(Br)C(=O)C(Br)=C(Br)C1=O. The third-order valence-electron chi connectivity index (χ3n) is 4.86. The molecule has 5 heteroatoms. The molecule has 1 rings (SSSR count). The monoisotopic (exact) mass is 552 g/mol. The molecule has 0 atom stereocenters. The number of halogens is 3. The van der Waals surface area contributed by atoms with E-state index < -0.39 is 0 Å². The van der Waals surface area contributed by atoms with Gasteiger partial charge < -0.3 is 0 Å². The third kappa shape index (κ3) is 8.52. The highest BCUT2D eigenvalue weighted by Gasteiger charge is 2.30. The average molecular weight is 555 g/mol. The molecule has 0 aliphatic heterocycles. The molecular formula is C21H31Br3O2. The van der Waals surface area contributed by atoms with Crippen LogP contribution in [0.5, 0.6) is 0 Å². The Morgan fingerprint density at radius 2 is 0.923 bits per heavy atom. The maximum Gasteiger partial charge on any atom is 0.208 e. The number of Topliss-reactive ketones (excluding diaryl/α,β-unsaturated/α-hetero) is 2. The van der Waals surface area contributed by atoms with Crippen molar-refractivity contribution < 1.29 is 9.59 Å². The summed E-state index contributed by atoms with van der Waals surface area (Å²) in [4.78, 5) is 24.3. The predicted molar refractivity (Wildman–Crippen MR) is 121 cm³/mol. The van der Waals surface area contributed by atoms with E-state index in [0.717, 1.165) is 12.8 Å². The first-order chi connectivity index (χ1) is 12.5. The van der Waals surface area contributed by atoms with Crippen LogP contribution in [0.2, 0.25) is 0 Å². The largest absolute Gasteiger partial charge is 0.288 e. The van der Waals surface area contributed by atoms with Gasteiger partial charge in [0.15, 0.2) is 5.78 Å². The van der Waals surface area contributed by atoms with Gasteiger partial charge in [0.2, 0.25) is 5.78 Å². The molecule has 2 nitrogen and oxygen atoms in total. The second-order valence-corrected chi connectivity index (χ2v) is 9.45. The Kier molecular flexibility index (Phi) is 13.4. The van der Waals surface area contributed by atoms with E-state index >= 15 is 0 Å². The van der Waals surface area contributed by atoms with Gasteiger partial charge in [0.1, 0.15) is 0 Å². The molecule has 26 heavy (non-hydrogen) atoms. The first-order valence-corrected chi connectivity index (χ1v) is 12.4. The van der Waals surface area contributed by atoms with Crippen molar-refractivity contribution in [2.45, 2.75) is 96.8 Å². The molecule has 0 radical (unpaired) electrons. The zero-order valence-corrected chi connectivity index (χ0v) is 20.6. The second kappa shape index (κ2) is 14.3. The number of unbranched alkanes of at least 4 members (excludes halogenated alkanes) is 12. The minimum Gasteiger partial charge on any atom is -0.288 e. The zero-order valence-electron chi connectivity index (χ0n) is 15.8. The van der Waals surface area contributed by atoms with Crippen LogP contribution in [0.1, 0.15) is 96.8 Å². The van der Waals surface area contributed by atoms with E-state index in [0.29, 0.717) is 25.4 Å². The molecule has 0 aromatic carbocycles. The Morgan fingerprint density at radius 3 is 1.38 bits per heavy atom. The van der Waals surface area contributed by atoms with E-state index in [1.807, 2.05) is 0 Å². The fraction of sp³-hybridized carbons (Fsp3) is 0.714. The van der Waals surface area contributed by atoms with Gasteiger partial charge in [0, 0.05) is 5.57 Å². The summed E-state index contributed by atoms with van der Waals surface area (Å²) >= 11 is 9.68.